The number of aryl methyl sites for hydroxylation is 1. The van der Waals surface area contributed by atoms with E-state index in [2.05, 4.69) is 15.3 Å². The van der Waals surface area contributed by atoms with E-state index in [4.69, 9.17) is 4.74 Å². The molecule has 27 heavy (non-hydrogen) atoms. The first-order valence-corrected chi connectivity index (χ1v) is 8.89. The highest BCUT2D eigenvalue weighted by atomic mass is 16.5. The van der Waals surface area contributed by atoms with Crippen LogP contribution in [0.4, 0.5) is 0 Å². The third kappa shape index (κ3) is 2.46. The number of carbonyl (C=O) groups excluding carboxylic acids is 1. The summed E-state index contributed by atoms with van der Waals surface area (Å²) in [5.41, 5.74) is 1.78. The van der Waals surface area contributed by atoms with Gasteiger partial charge in [0.2, 0.25) is 0 Å². The topological polar surface area (TPSA) is 95.1 Å². The molecule has 138 valence electrons. The molecule has 0 bridgehead atoms. The Hall–Kier alpha value is -3.07. The van der Waals surface area contributed by atoms with E-state index in [0.717, 1.165) is 5.69 Å². The van der Waals surface area contributed by atoms with E-state index in [1.807, 2.05) is 22.9 Å². The number of para-hydroxylation sites is 2. The molecule has 2 aromatic heterocycles. The third-order valence-electron chi connectivity index (χ3n) is 5.40. The highest BCUT2D eigenvalue weighted by Crippen LogP contribution is 2.30. The summed E-state index contributed by atoms with van der Waals surface area (Å²) in [5.74, 6) is -0.355. The van der Waals surface area contributed by atoms with Crippen molar-refractivity contribution in [2.75, 3.05) is 13.1 Å². The van der Waals surface area contributed by atoms with E-state index in [-0.39, 0.29) is 29.3 Å². The molecule has 4 heterocycles. The Morgan fingerprint density at radius 3 is 3.04 bits per heavy atom. The summed E-state index contributed by atoms with van der Waals surface area (Å²) in [7, 11) is 1.66. The Bertz CT molecular complexity index is 1100. The second kappa shape index (κ2) is 5.98. The number of benzene rings is 1. The quantitative estimate of drug-likeness (QED) is 0.623. The largest absolute Gasteiger partial charge is 0.370 e. The van der Waals surface area contributed by atoms with Crippen LogP contribution in [0.25, 0.3) is 11.0 Å². The van der Waals surface area contributed by atoms with Crippen LogP contribution in [0.5, 0.6) is 0 Å². The standard InChI is InChI=1S/C18H18N6O3/c1-22-13-5-3-2-4-12(13)20-16(17(22)25)18(26)23-7-6-15-14(9-23)24-11(10-27-15)8-19-21-24/h2-5,8,14-15H,6-7,9-10H2,1H3. The molecule has 0 N–H and O–H groups in total. The molecule has 1 saturated heterocycles. The summed E-state index contributed by atoms with van der Waals surface area (Å²) in [5, 5.41) is 8.09. The summed E-state index contributed by atoms with van der Waals surface area (Å²) in [4.78, 5) is 31.8. The molecule has 1 fully saturated rings. The summed E-state index contributed by atoms with van der Waals surface area (Å²) in [6, 6.07) is 7.20. The van der Waals surface area contributed by atoms with Gasteiger partial charge in [-0.05, 0) is 18.6 Å². The average Bonchev–Trinajstić information content (AvgIpc) is 3.19. The molecular formula is C18H18N6O3. The summed E-state index contributed by atoms with van der Waals surface area (Å²) in [6.45, 7) is 1.41. The molecule has 5 rings (SSSR count). The van der Waals surface area contributed by atoms with Gasteiger partial charge < -0.3 is 14.2 Å². The van der Waals surface area contributed by atoms with Gasteiger partial charge in [-0.2, -0.15) is 0 Å². The van der Waals surface area contributed by atoms with Gasteiger partial charge in [0.25, 0.3) is 11.5 Å². The van der Waals surface area contributed by atoms with Crippen LogP contribution >= 0.6 is 0 Å². The number of hydrogen-bond donors (Lipinski definition) is 0. The molecule has 2 atom stereocenters. The lowest BCUT2D eigenvalue weighted by atomic mass is 10.00. The number of likely N-dealkylation sites (tertiary alicyclic amines) is 1. The minimum Gasteiger partial charge on any atom is -0.370 e. The van der Waals surface area contributed by atoms with Crippen LogP contribution < -0.4 is 5.56 Å². The van der Waals surface area contributed by atoms with E-state index < -0.39 is 0 Å². The van der Waals surface area contributed by atoms with E-state index in [1.165, 1.54) is 4.57 Å². The number of aromatic nitrogens is 5. The van der Waals surface area contributed by atoms with Crippen molar-refractivity contribution in [3.8, 4) is 0 Å². The SMILES string of the molecule is Cn1c(=O)c(C(=O)N2CCC3OCc4cnnn4C3C2)nc2ccccc21. The predicted octanol–water partition coefficient (Wildman–Crippen LogP) is 0.511. The van der Waals surface area contributed by atoms with E-state index in [1.54, 1.807) is 24.2 Å². The number of fused-ring (bicyclic) bond motifs is 4. The van der Waals surface area contributed by atoms with Gasteiger partial charge in [-0.1, -0.05) is 17.3 Å². The van der Waals surface area contributed by atoms with Gasteiger partial charge in [-0.15, -0.1) is 5.10 Å². The molecular weight excluding hydrogens is 348 g/mol. The normalized spacial score (nSPS) is 21.7. The summed E-state index contributed by atoms with van der Waals surface area (Å²) >= 11 is 0. The molecule has 1 amide bonds. The lowest BCUT2D eigenvalue weighted by Crippen LogP contribution is -2.51. The molecule has 2 aliphatic rings. The number of hydrogen-bond acceptors (Lipinski definition) is 6. The summed E-state index contributed by atoms with van der Waals surface area (Å²) in [6.07, 6.45) is 2.36. The van der Waals surface area contributed by atoms with Gasteiger partial charge in [-0.25, -0.2) is 9.67 Å². The zero-order chi connectivity index (χ0) is 18.5. The molecule has 0 spiro atoms. The number of rotatable bonds is 1. The Morgan fingerprint density at radius 2 is 2.15 bits per heavy atom. The van der Waals surface area contributed by atoms with Crippen LogP contribution in [0, 0.1) is 0 Å². The Kier molecular flexibility index (Phi) is 3.57. The van der Waals surface area contributed by atoms with Crippen molar-refractivity contribution < 1.29 is 9.53 Å². The zero-order valence-electron chi connectivity index (χ0n) is 14.8. The molecule has 0 aliphatic carbocycles. The van der Waals surface area contributed by atoms with Crippen LogP contribution in [-0.2, 0) is 18.4 Å². The number of ether oxygens (including phenoxy) is 1. The van der Waals surface area contributed by atoms with Crippen molar-refractivity contribution in [3.63, 3.8) is 0 Å². The zero-order valence-corrected chi connectivity index (χ0v) is 14.8. The highest BCUT2D eigenvalue weighted by molar-refractivity contribution is 5.94. The van der Waals surface area contributed by atoms with Crippen molar-refractivity contribution in [2.24, 2.45) is 7.05 Å². The van der Waals surface area contributed by atoms with Crippen LogP contribution in [-0.4, -0.2) is 54.5 Å². The average molecular weight is 366 g/mol. The minimum absolute atomic E-state index is 0.00403. The lowest BCUT2D eigenvalue weighted by Gasteiger charge is -2.40. The first-order valence-electron chi connectivity index (χ1n) is 8.89. The summed E-state index contributed by atoms with van der Waals surface area (Å²) < 4.78 is 9.19. The molecule has 2 unspecified atom stereocenters. The van der Waals surface area contributed by atoms with Crippen molar-refractivity contribution in [1.29, 1.82) is 0 Å². The predicted molar refractivity (Wildman–Crippen MR) is 95.1 cm³/mol. The Morgan fingerprint density at radius 1 is 1.30 bits per heavy atom. The molecule has 9 nitrogen and oxygen atoms in total. The smallest absolute Gasteiger partial charge is 0.282 e. The fraction of sp³-hybridized carbons (Fsp3) is 0.389. The molecule has 2 aliphatic heterocycles. The van der Waals surface area contributed by atoms with Crippen molar-refractivity contribution in [3.05, 3.63) is 52.2 Å². The number of amides is 1. The van der Waals surface area contributed by atoms with Gasteiger partial charge in [0.1, 0.15) is 0 Å². The molecule has 0 saturated carbocycles. The number of carbonyl (C=O) groups is 1. The van der Waals surface area contributed by atoms with Gasteiger partial charge in [-0.3, -0.25) is 9.59 Å². The van der Waals surface area contributed by atoms with Crippen molar-refractivity contribution in [2.45, 2.75) is 25.2 Å². The van der Waals surface area contributed by atoms with Crippen LogP contribution in [0.3, 0.4) is 0 Å². The third-order valence-corrected chi connectivity index (χ3v) is 5.40. The maximum atomic E-state index is 13.1. The van der Waals surface area contributed by atoms with Gasteiger partial charge >= 0.3 is 0 Å². The van der Waals surface area contributed by atoms with Crippen LogP contribution in [0.1, 0.15) is 28.6 Å². The number of nitrogens with zero attached hydrogens (tertiary/aromatic N) is 6. The molecule has 9 heteroatoms. The molecule has 3 aromatic rings. The fourth-order valence-corrected chi connectivity index (χ4v) is 3.93. The van der Waals surface area contributed by atoms with Crippen molar-refractivity contribution >= 4 is 16.9 Å². The van der Waals surface area contributed by atoms with Gasteiger partial charge in [0.15, 0.2) is 5.69 Å². The Labute approximate surface area is 154 Å². The Balaban J connectivity index is 1.50. The second-order valence-electron chi connectivity index (χ2n) is 6.94. The van der Waals surface area contributed by atoms with Crippen molar-refractivity contribution in [1.82, 2.24) is 29.4 Å². The van der Waals surface area contributed by atoms with Gasteiger partial charge in [0, 0.05) is 20.1 Å². The maximum absolute atomic E-state index is 13.1. The fourth-order valence-electron chi connectivity index (χ4n) is 3.93. The van der Waals surface area contributed by atoms with E-state index in [0.29, 0.717) is 37.2 Å². The maximum Gasteiger partial charge on any atom is 0.282 e. The first-order chi connectivity index (χ1) is 13.1. The lowest BCUT2D eigenvalue weighted by molar-refractivity contribution is -0.0605. The van der Waals surface area contributed by atoms with E-state index >= 15 is 0 Å². The number of piperidine rings is 1. The minimum atomic E-state index is -0.387. The second-order valence-corrected chi connectivity index (χ2v) is 6.94. The van der Waals surface area contributed by atoms with Crippen LogP contribution in [0.15, 0.2) is 35.3 Å². The molecule has 0 radical (unpaired) electrons. The van der Waals surface area contributed by atoms with Crippen LogP contribution in [0.2, 0.25) is 0 Å². The molecule has 1 aromatic carbocycles. The van der Waals surface area contributed by atoms with Gasteiger partial charge in [0.05, 0.1) is 41.7 Å². The highest BCUT2D eigenvalue weighted by Gasteiger charge is 2.38. The monoisotopic (exact) mass is 366 g/mol. The first kappa shape index (κ1) is 16.1. The van der Waals surface area contributed by atoms with E-state index in [9.17, 15) is 9.59 Å².